The molecule has 0 radical (unpaired) electrons. The number of H-pyrrole nitrogens is 1. The molecule has 0 aliphatic carbocycles. The lowest BCUT2D eigenvalue weighted by molar-refractivity contribution is 0.0806. The Morgan fingerprint density at radius 3 is 2.41 bits per heavy atom. The molecule has 39 heavy (non-hydrogen) atoms. The fourth-order valence-electron chi connectivity index (χ4n) is 3.37. The summed E-state index contributed by atoms with van der Waals surface area (Å²) in [7, 11) is 0. The molecular weight excluding hydrogens is 544 g/mol. The van der Waals surface area contributed by atoms with Crippen LogP contribution in [-0.4, -0.2) is 43.0 Å². The SMILES string of the molecule is CC.CCCC.CCCc1nc(NSc2c[nH]c3c(-n4ncc(C)n4)c(Cl)ccc23)nc(C)c1OCC(F)F. The molecule has 1 aromatic carbocycles. The highest BCUT2D eigenvalue weighted by molar-refractivity contribution is 8.00. The van der Waals surface area contributed by atoms with Gasteiger partial charge in [0, 0.05) is 11.6 Å². The van der Waals surface area contributed by atoms with Crippen LogP contribution in [0.4, 0.5) is 14.7 Å². The maximum atomic E-state index is 12.6. The number of aryl methyl sites for hydroxylation is 3. The topological polar surface area (TPSA) is 93.5 Å². The Morgan fingerprint density at radius 1 is 1.10 bits per heavy atom. The van der Waals surface area contributed by atoms with Crippen molar-refractivity contribution in [2.24, 2.45) is 0 Å². The summed E-state index contributed by atoms with van der Waals surface area (Å²) in [6, 6.07) is 3.71. The van der Waals surface area contributed by atoms with Crippen LogP contribution in [0.5, 0.6) is 5.75 Å². The second-order valence-corrected chi connectivity index (χ2v) is 9.57. The average molecular weight is 582 g/mol. The quantitative estimate of drug-likeness (QED) is 0.182. The fourth-order valence-corrected chi connectivity index (χ4v) is 4.29. The van der Waals surface area contributed by atoms with Gasteiger partial charge < -0.3 is 9.72 Å². The van der Waals surface area contributed by atoms with Crippen molar-refractivity contribution in [2.45, 2.75) is 85.5 Å². The largest absolute Gasteiger partial charge is 0.484 e. The Hall–Kier alpha value is -2.92. The molecule has 0 atom stereocenters. The van der Waals surface area contributed by atoms with E-state index < -0.39 is 13.0 Å². The third-order valence-corrected chi connectivity index (χ3v) is 6.39. The van der Waals surface area contributed by atoms with Crippen LogP contribution in [-0.2, 0) is 6.42 Å². The number of unbranched alkanes of at least 4 members (excludes halogenated alkanes) is 1. The molecule has 0 aliphatic rings. The van der Waals surface area contributed by atoms with Crippen LogP contribution in [0.25, 0.3) is 16.6 Å². The number of nitrogens with zero attached hydrogens (tertiary/aromatic N) is 5. The van der Waals surface area contributed by atoms with E-state index in [4.69, 9.17) is 16.3 Å². The van der Waals surface area contributed by atoms with Gasteiger partial charge >= 0.3 is 0 Å². The number of nitrogens with one attached hydrogen (secondary N) is 2. The van der Waals surface area contributed by atoms with E-state index in [9.17, 15) is 8.78 Å². The number of rotatable bonds is 10. The smallest absolute Gasteiger partial charge is 0.272 e. The standard InChI is InChI=1S/C21H22ClF2N7OS.C4H10.C2H6/c1-4-5-15-20(32-10-17(23)24)12(3)27-21(28-15)30-33-16-9-25-18-13(16)6-7-14(22)19(18)31-26-8-11(2)29-31;1-3-4-2;1-2/h6-9,17,25H,4-5,10H2,1-3H3,(H,27,28,30);3-4H2,1-2H3;1-2H3. The van der Waals surface area contributed by atoms with Gasteiger partial charge in [-0.2, -0.15) is 10.2 Å². The van der Waals surface area contributed by atoms with Crippen molar-refractivity contribution < 1.29 is 13.5 Å². The maximum absolute atomic E-state index is 12.6. The van der Waals surface area contributed by atoms with Gasteiger partial charge in [0.2, 0.25) is 5.95 Å². The molecule has 12 heteroatoms. The number of anilines is 1. The molecule has 0 fully saturated rings. The van der Waals surface area contributed by atoms with Crippen molar-refractivity contribution >= 4 is 40.4 Å². The highest BCUT2D eigenvalue weighted by Gasteiger charge is 2.17. The van der Waals surface area contributed by atoms with E-state index in [0.717, 1.165) is 27.9 Å². The van der Waals surface area contributed by atoms with Crippen LogP contribution >= 0.6 is 23.5 Å². The maximum Gasteiger partial charge on any atom is 0.272 e. The molecule has 8 nitrogen and oxygen atoms in total. The van der Waals surface area contributed by atoms with E-state index in [1.54, 1.807) is 19.2 Å². The third-order valence-electron chi connectivity index (χ3n) is 5.25. The molecule has 214 valence electrons. The fraction of sp³-hybridized carbons (Fsp3) is 0.481. The number of alkyl halides is 2. The van der Waals surface area contributed by atoms with Gasteiger partial charge in [0.05, 0.1) is 38.7 Å². The zero-order chi connectivity index (χ0) is 28.9. The molecule has 0 bridgehead atoms. The van der Waals surface area contributed by atoms with Gasteiger partial charge in [-0.15, -0.1) is 4.80 Å². The van der Waals surface area contributed by atoms with Crippen molar-refractivity contribution in [2.75, 3.05) is 11.3 Å². The number of benzene rings is 1. The van der Waals surface area contributed by atoms with Crippen LogP contribution in [0.3, 0.4) is 0 Å². The Labute approximate surface area is 238 Å². The molecule has 0 spiro atoms. The van der Waals surface area contributed by atoms with Crippen LogP contribution in [0.2, 0.25) is 5.02 Å². The number of hydrogen-bond donors (Lipinski definition) is 2. The van der Waals surface area contributed by atoms with E-state index in [0.29, 0.717) is 40.2 Å². The minimum Gasteiger partial charge on any atom is -0.484 e. The van der Waals surface area contributed by atoms with E-state index in [1.807, 2.05) is 40.0 Å². The second-order valence-electron chi connectivity index (χ2n) is 8.31. The predicted molar refractivity (Wildman–Crippen MR) is 157 cm³/mol. The van der Waals surface area contributed by atoms with E-state index in [2.05, 4.69) is 43.7 Å². The second kappa shape index (κ2) is 16.2. The zero-order valence-electron chi connectivity index (χ0n) is 23.6. The van der Waals surface area contributed by atoms with Gasteiger partial charge in [-0.25, -0.2) is 18.7 Å². The molecule has 0 amide bonds. The third kappa shape index (κ3) is 8.79. The number of ether oxygens (including phenoxy) is 1. The lowest BCUT2D eigenvalue weighted by atomic mass is 10.2. The Balaban J connectivity index is 0.000000815. The molecule has 3 aromatic heterocycles. The molecule has 3 heterocycles. The zero-order valence-corrected chi connectivity index (χ0v) is 25.2. The summed E-state index contributed by atoms with van der Waals surface area (Å²) in [5, 5.41) is 10.1. The van der Waals surface area contributed by atoms with Gasteiger partial charge in [0.15, 0.2) is 5.75 Å². The Kier molecular flexibility index (Phi) is 13.5. The number of aromatic amines is 1. The molecule has 0 aliphatic heterocycles. The van der Waals surface area contributed by atoms with Crippen LogP contribution in [0.1, 0.15) is 71.0 Å². The first-order valence-electron chi connectivity index (χ1n) is 13.2. The van der Waals surface area contributed by atoms with E-state index >= 15 is 0 Å². The summed E-state index contributed by atoms with van der Waals surface area (Å²) < 4.78 is 33.7. The predicted octanol–water partition coefficient (Wildman–Crippen LogP) is 8.36. The van der Waals surface area contributed by atoms with Crippen LogP contribution in [0.15, 0.2) is 29.4 Å². The lowest BCUT2D eigenvalue weighted by Gasteiger charge is -2.14. The normalized spacial score (nSPS) is 10.6. The average Bonchev–Trinajstić information content (AvgIpc) is 3.54. The summed E-state index contributed by atoms with van der Waals surface area (Å²) in [4.78, 5) is 14.5. The molecule has 0 saturated heterocycles. The number of aromatic nitrogens is 6. The van der Waals surface area contributed by atoms with Crippen LogP contribution in [0, 0.1) is 13.8 Å². The molecule has 4 rings (SSSR count). The highest BCUT2D eigenvalue weighted by Crippen LogP contribution is 2.35. The van der Waals surface area contributed by atoms with Crippen molar-refractivity contribution in [1.82, 2.24) is 29.9 Å². The number of halogens is 3. The van der Waals surface area contributed by atoms with Gasteiger partial charge in [-0.05, 0) is 44.3 Å². The summed E-state index contributed by atoms with van der Waals surface area (Å²) in [5.41, 5.74) is 3.34. The monoisotopic (exact) mass is 581 g/mol. The minimum absolute atomic E-state index is 0.320. The summed E-state index contributed by atoms with van der Waals surface area (Å²) in [5.74, 6) is 0.694. The van der Waals surface area contributed by atoms with Gasteiger partial charge in [0.25, 0.3) is 6.43 Å². The summed E-state index contributed by atoms with van der Waals surface area (Å²) in [6.45, 7) is 13.2. The van der Waals surface area contributed by atoms with Crippen molar-refractivity contribution in [3.63, 3.8) is 0 Å². The lowest BCUT2D eigenvalue weighted by Crippen LogP contribution is -2.12. The van der Waals surface area contributed by atoms with Gasteiger partial charge in [-0.1, -0.05) is 65.5 Å². The Bertz CT molecular complexity index is 1310. The van der Waals surface area contributed by atoms with Gasteiger partial charge in [-0.3, -0.25) is 4.72 Å². The van der Waals surface area contributed by atoms with E-state index in [-0.39, 0.29) is 0 Å². The summed E-state index contributed by atoms with van der Waals surface area (Å²) >= 11 is 7.76. The van der Waals surface area contributed by atoms with Crippen molar-refractivity contribution in [3.05, 3.63) is 46.6 Å². The molecule has 0 unspecified atom stereocenters. The molecule has 2 N–H and O–H groups in total. The Morgan fingerprint density at radius 2 is 1.82 bits per heavy atom. The minimum atomic E-state index is -2.56. The van der Waals surface area contributed by atoms with Crippen LogP contribution < -0.4 is 9.46 Å². The highest BCUT2D eigenvalue weighted by atomic mass is 35.5. The molecule has 0 saturated carbocycles. The van der Waals surface area contributed by atoms with Gasteiger partial charge in [0.1, 0.15) is 12.3 Å². The number of fused-ring (bicyclic) bond motifs is 1. The van der Waals surface area contributed by atoms with Crippen molar-refractivity contribution in [3.8, 4) is 11.4 Å². The van der Waals surface area contributed by atoms with E-state index in [1.165, 1.54) is 29.6 Å². The first kappa shape index (κ1) is 32.3. The van der Waals surface area contributed by atoms with Crippen molar-refractivity contribution in [1.29, 1.82) is 0 Å². The molecule has 4 aromatic rings. The number of hydrogen-bond acceptors (Lipinski definition) is 7. The summed E-state index contributed by atoms with van der Waals surface area (Å²) in [6.07, 6.45) is 4.97. The first-order chi connectivity index (χ1) is 18.8. The molecular formula is C27H38ClF2N7OS. The first-order valence-corrected chi connectivity index (χ1v) is 14.4.